The molecule has 0 rings (SSSR count). The summed E-state index contributed by atoms with van der Waals surface area (Å²) in [7, 11) is 6.16. The van der Waals surface area contributed by atoms with Crippen molar-refractivity contribution in [3.05, 3.63) is 0 Å². The molecule has 3 N–H and O–H groups in total. The topological polar surface area (TPSA) is 86.4 Å². The summed E-state index contributed by atoms with van der Waals surface area (Å²) >= 11 is 0. The Kier molecular flexibility index (Phi) is 12.9. The number of nitrogens with two attached hydrogens (primary N) is 1. The molecule has 0 fully saturated rings. The quantitative estimate of drug-likeness (QED) is 0.583. The molecule has 12 heavy (non-hydrogen) atoms. The van der Waals surface area contributed by atoms with Gasteiger partial charge in [0.25, 0.3) is 0 Å². The maximum Gasteiger partial charge on any atom is 0.131 e. The van der Waals surface area contributed by atoms with Crippen LogP contribution in [0.4, 0.5) is 4.79 Å². The van der Waals surface area contributed by atoms with Crippen molar-refractivity contribution in [3.63, 3.8) is 0 Å². The van der Waals surface area contributed by atoms with Crippen LogP contribution in [-0.2, 0) is 0 Å². The molecule has 0 spiro atoms. The third-order valence-corrected chi connectivity index (χ3v) is 0.771. The molecule has 0 unspecified atom stereocenters. The molecule has 6 heteroatoms. The van der Waals surface area contributed by atoms with Crippen molar-refractivity contribution in [1.29, 1.82) is 0 Å². The Morgan fingerprint density at radius 3 is 1.75 bits per heavy atom. The van der Waals surface area contributed by atoms with Gasteiger partial charge in [-0.1, -0.05) is 0 Å². The molecule has 0 aliphatic rings. The summed E-state index contributed by atoms with van der Waals surface area (Å²) in [6.45, 7) is 1.11. The number of hydrogen-bond donors (Lipinski definition) is 2. The number of carbonyl (C=O) groups is 1. The number of quaternary nitrogens is 1. The third-order valence-electron chi connectivity index (χ3n) is 0.771. The van der Waals surface area contributed by atoms with E-state index in [0.29, 0.717) is 0 Å². The van der Waals surface area contributed by atoms with Crippen LogP contribution in [0.15, 0.2) is 0 Å². The minimum absolute atomic E-state index is 0. The summed E-state index contributed by atoms with van der Waals surface area (Å²) in [5.41, 5.74) is 3.92. The fourth-order valence-electron chi connectivity index (χ4n) is 0.300. The molecule has 0 aliphatic heterocycles. The van der Waals surface area contributed by atoms with Gasteiger partial charge in [0.05, 0.1) is 27.7 Å². The van der Waals surface area contributed by atoms with Gasteiger partial charge >= 0.3 is 0 Å². The first-order valence-electron chi connectivity index (χ1n) is 3.17. The smallest absolute Gasteiger partial charge is 0.131 e. The van der Waals surface area contributed by atoms with Crippen molar-refractivity contribution in [2.75, 3.05) is 34.3 Å². The lowest BCUT2D eigenvalue weighted by Crippen LogP contribution is -2.36. The van der Waals surface area contributed by atoms with E-state index in [9.17, 15) is 0 Å². The molecule has 0 radical (unpaired) electrons. The fourth-order valence-corrected chi connectivity index (χ4v) is 0.300. The highest BCUT2D eigenvalue weighted by molar-refractivity contribution is 8.93. The van der Waals surface area contributed by atoms with Gasteiger partial charge in [-0.05, 0) is 0 Å². The number of aliphatic hydroxyl groups is 1. The summed E-state index contributed by atoms with van der Waals surface area (Å²) in [5.74, 6) is 0. The number of aliphatic hydroxyl groups excluding tert-OH is 1. The maximum atomic E-state index is 8.67. The van der Waals surface area contributed by atoms with Crippen LogP contribution in [0.5, 0.6) is 0 Å². The minimum atomic E-state index is -1.58. The summed E-state index contributed by atoms with van der Waals surface area (Å²) in [6.07, 6.45) is -1.58. The van der Waals surface area contributed by atoms with Gasteiger partial charge in [0.1, 0.15) is 12.6 Å². The maximum absolute atomic E-state index is 8.67. The molecule has 0 saturated heterocycles. The van der Waals surface area contributed by atoms with Crippen LogP contribution < -0.4 is 10.8 Å². The number of amides is 1. The number of rotatable bonds is 2. The van der Waals surface area contributed by atoms with E-state index in [2.05, 4.69) is 26.9 Å². The number of nitrogens with zero attached hydrogens (tertiary/aromatic N) is 1. The van der Waals surface area contributed by atoms with Crippen molar-refractivity contribution in [2.45, 2.75) is 0 Å². The van der Waals surface area contributed by atoms with Crippen molar-refractivity contribution in [3.8, 4) is 0 Å². The molecule has 0 bridgehead atoms. The van der Waals surface area contributed by atoms with E-state index < -0.39 is 6.09 Å². The van der Waals surface area contributed by atoms with E-state index in [-0.39, 0.29) is 23.6 Å². The highest BCUT2D eigenvalue weighted by atomic mass is 79.9. The molecule has 0 heterocycles. The Bertz CT molecular complexity index is 110. The van der Waals surface area contributed by atoms with E-state index in [1.54, 1.807) is 0 Å². The number of likely N-dealkylation sites (N-methyl/N-ethyl adjacent to an activating group) is 1. The van der Waals surface area contributed by atoms with Gasteiger partial charge in [0, 0.05) is 0 Å². The van der Waals surface area contributed by atoms with E-state index in [4.69, 9.17) is 15.0 Å². The standard InChI is InChI=1S/C5H14NO.CH3NO2.BrH/c1-6(2,3)4-5-7;2-1(3)4;/h7H,4-5H2,1-3H3;2H2,(H,3,4);1H/q+1;;/p-1. The number of carboxylic acid groups (broad SMARTS) is 1. The number of hydrogen-bond acceptors (Lipinski definition) is 3. The summed E-state index contributed by atoms with van der Waals surface area (Å²) in [6, 6.07) is 0. The molecule has 76 valence electrons. The van der Waals surface area contributed by atoms with Gasteiger partial charge in [0.2, 0.25) is 0 Å². The van der Waals surface area contributed by atoms with Crippen LogP contribution in [0.3, 0.4) is 0 Å². The number of halogens is 1. The largest absolute Gasteiger partial charge is 0.530 e. The van der Waals surface area contributed by atoms with Crippen molar-refractivity contribution < 1.29 is 19.5 Å². The highest BCUT2D eigenvalue weighted by Gasteiger charge is 2.02. The fraction of sp³-hybridized carbons (Fsp3) is 0.833. The third kappa shape index (κ3) is 54.0. The molecule has 0 aromatic rings. The second-order valence-corrected chi connectivity index (χ2v) is 3.06. The van der Waals surface area contributed by atoms with Crippen molar-refractivity contribution in [1.82, 2.24) is 0 Å². The Morgan fingerprint density at radius 1 is 1.50 bits per heavy atom. The van der Waals surface area contributed by atoms with Gasteiger partial charge in [-0.2, -0.15) is 0 Å². The lowest BCUT2D eigenvalue weighted by Gasteiger charge is -2.21. The monoisotopic (exact) mass is 244 g/mol. The predicted molar refractivity (Wildman–Crippen MR) is 49.9 cm³/mol. The van der Waals surface area contributed by atoms with E-state index in [1.165, 1.54) is 0 Å². The lowest BCUT2D eigenvalue weighted by atomic mass is 10.5. The van der Waals surface area contributed by atoms with Gasteiger partial charge in [0.15, 0.2) is 0 Å². The zero-order valence-electron chi connectivity index (χ0n) is 7.61. The number of carbonyl (C=O) groups excluding carboxylic acids is 1. The van der Waals surface area contributed by atoms with Crippen LogP contribution >= 0.6 is 17.0 Å². The molecule has 0 saturated carbocycles. The molecule has 0 aromatic heterocycles. The molecule has 0 aromatic carbocycles. The Hall–Kier alpha value is -0.330. The zero-order chi connectivity index (χ0) is 9.49. The Morgan fingerprint density at radius 2 is 1.75 bits per heavy atom. The highest BCUT2D eigenvalue weighted by Crippen LogP contribution is 1.84. The van der Waals surface area contributed by atoms with E-state index in [1.807, 2.05) is 0 Å². The normalized spacial score (nSPS) is 9.00. The van der Waals surface area contributed by atoms with Crippen LogP contribution in [0.2, 0.25) is 0 Å². The Labute approximate surface area is 83.1 Å². The molecular formula is C6H17BrN2O3. The second-order valence-electron chi connectivity index (χ2n) is 3.06. The van der Waals surface area contributed by atoms with Gasteiger partial charge in [-0.3, -0.25) is 0 Å². The van der Waals surface area contributed by atoms with Crippen molar-refractivity contribution >= 4 is 23.1 Å². The Balaban J connectivity index is -0.000000142. The van der Waals surface area contributed by atoms with Crippen molar-refractivity contribution in [2.24, 2.45) is 5.73 Å². The lowest BCUT2D eigenvalue weighted by molar-refractivity contribution is -0.870. The first-order chi connectivity index (χ1) is 4.79. The van der Waals surface area contributed by atoms with Gasteiger partial charge < -0.3 is 25.2 Å². The summed E-state index contributed by atoms with van der Waals surface area (Å²) in [4.78, 5) is 8.67. The van der Waals surface area contributed by atoms with Crippen LogP contribution in [-0.4, -0.2) is 50.0 Å². The molecule has 0 aliphatic carbocycles. The van der Waals surface area contributed by atoms with Crippen LogP contribution in [0.1, 0.15) is 0 Å². The summed E-state index contributed by atoms with van der Waals surface area (Å²) < 4.78 is 0.844. The molecular weight excluding hydrogens is 228 g/mol. The number of primary amides is 1. The predicted octanol–water partition coefficient (Wildman–Crippen LogP) is -1.45. The van der Waals surface area contributed by atoms with Crippen LogP contribution in [0, 0.1) is 0 Å². The second kappa shape index (κ2) is 8.76. The summed E-state index contributed by atoms with van der Waals surface area (Å²) in [5, 5.41) is 17.1. The molecule has 0 atom stereocenters. The molecule has 1 amide bonds. The molecule has 5 nitrogen and oxygen atoms in total. The SMILES string of the molecule is Br.C[N+](C)(C)CCO.NC(=O)[O-]. The average molecular weight is 245 g/mol. The van der Waals surface area contributed by atoms with Gasteiger partial charge in [-0.15, -0.1) is 17.0 Å². The first kappa shape index (κ1) is 17.7. The van der Waals surface area contributed by atoms with Crippen LogP contribution in [0.25, 0.3) is 0 Å². The van der Waals surface area contributed by atoms with Gasteiger partial charge in [-0.25, -0.2) is 0 Å². The minimum Gasteiger partial charge on any atom is -0.530 e. The van der Waals surface area contributed by atoms with E-state index in [0.717, 1.165) is 11.0 Å². The average Bonchev–Trinajstić information content (AvgIpc) is 1.58. The first-order valence-corrected chi connectivity index (χ1v) is 3.17. The zero-order valence-corrected chi connectivity index (χ0v) is 9.32. The van der Waals surface area contributed by atoms with E-state index >= 15 is 0 Å².